The number of rotatable bonds is 7. The fourth-order valence-electron chi connectivity index (χ4n) is 2.81. The van der Waals surface area contributed by atoms with E-state index in [1.165, 1.54) is 0 Å². The molecule has 6 heteroatoms. The zero-order chi connectivity index (χ0) is 18.4. The normalized spacial score (nSPS) is 11.4. The van der Waals surface area contributed by atoms with Gasteiger partial charge < -0.3 is 5.32 Å². The van der Waals surface area contributed by atoms with Crippen LogP contribution in [0.15, 0.2) is 77.8 Å². The van der Waals surface area contributed by atoms with Crippen molar-refractivity contribution in [2.24, 2.45) is 5.14 Å². The minimum absolute atomic E-state index is 0.176. The molecule has 1 aromatic heterocycles. The number of nitrogens with two attached hydrogens (primary N) is 1. The average molecular weight is 367 g/mol. The van der Waals surface area contributed by atoms with Gasteiger partial charge in [-0.1, -0.05) is 48.5 Å². The molecule has 3 rings (SSSR count). The zero-order valence-corrected chi connectivity index (χ0v) is 15.1. The maximum atomic E-state index is 11.9. The summed E-state index contributed by atoms with van der Waals surface area (Å²) >= 11 is 0. The van der Waals surface area contributed by atoms with Gasteiger partial charge in [-0.05, 0) is 41.3 Å². The van der Waals surface area contributed by atoms with E-state index in [9.17, 15) is 8.42 Å². The lowest BCUT2D eigenvalue weighted by atomic mass is 10.0. The summed E-state index contributed by atoms with van der Waals surface area (Å²) in [7, 11) is -3.76. The van der Waals surface area contributed by atoms with E-state index in [1.807, 2.05) is 54.6 Å². The van der Waals surface area contributed by atoms with Gasteiger partial charge in [-0.2, -0.15) is 0 Å². The third-order valence-corrected chi connectivity index (χ3v) is 5.04. The van der Waals surface area contributed by atoms with Gasteiger partial charge in [0.25, 0.3) is 0 Å². The Labute approximate surface area is 154 Å². The van der Waals surface area contributed by atoms with E-state index in [0.717, 1.165) is 16.8 Å². The quantitative estimate of drug-likeness (QED) is 0.672. The van der Waals surface area contributed by atoms with E-state index >= 15 is 0 Å². The Hall–Kier alpha value is -2.54. The summed E-state index contributed by atoms with van der Waals surface area (Å²) in [5.41, 5.74) is 3.70. The van der Waals surface area contributed by atoms with E-state index in [-0.39, 0.29) is 4.90 Å². The molecule has 0 saturated carbocycles. The molecule has 134 valence electrons. The van der Waals surface area contributed by atoms with Gasteiger partial charge in [-0.3, -0.25) is 4.98 Å². The average Bonchev–Trinajstić information content (AvgIpc) is 2.63. The molecule has 0 aliphatic rings. The van der Waals surface area contributed by atoms with Gasteiger partial charge >= 0.3 is 0 Å². The van der Waals surface area contributed by atoms with E-state index in [2.05, 4.69) is 10.3 Å². The predicted molar refractivity (Wildman–Crippen MR) is 102 cm³/mol. The zero-order valence-electron chi connectivity index (χ0n) is 14.3. The molecular weight excluding hydrogens is 346 g/mol. The number of nitrogens with one attached hydrogen (secondary N) is 1. The number of hydrogen-bond donors (Lipinski definition) is 2. The number of nitrogens with zero attached hydrogens (tertiary/aromatic N) is 1. The maximum absolute atomic E-state index is 11.9. The maximum Gasteiger partial charge on any atom is 0.238 e. The lowest BCUT2D eigenvalue weighted by Crippen LogP contribution is -2.17. The molecule has 0 aliphatic heterocycles. The lowest BCUT2D eigenvalue weighted by Gasteiger charge is -2.11. The van der Waals surface area contributed by atoms with E-state index in [1.54, 1.807) is 18.3 Å². The highest BCUT2D eigenvalue weighted by molar-refractivity contribution is 7.89. The SMILES string of the molecule is NS(=O)(=O)c1ccc(CNCc2ccccn2)cc1Cc1ccccc1. The van der Waals surface area contributed by atoms with Crippen molar-refractivity contribution in [3.05, 3.63) is 95.3 Å². The summed E-state index contributed by atoms with van der Waals surface area (Å²) in [5, 5.41) is 8.71. The first-order valence-corrected chi connectivity index (χ1v) is 9.86. The predicted octanol–water partition coefficient (Wildman–Crippen LogP) is 2.61. The van der Waals surface area contributed by atoms with Crippen LogP contribution in [0.2, 0.25) is 0 Å². The highest BCUT2D eigenvalue weighted by Crippen LogP contribution is 2.20. The number of primary sulfonamides is 1. The molecule has 0 amide bonds. The third-order valence-electron chi connectivity index (χ3n) is 4.03. The van der Waals surface area contributed by atoms with Crippen LogP contribution in [0.5, 0.6) is 0 Å². The van der Waals surface area contributed by atoms with Crippen molar-refractivity contribution in [1.82, 2.24) is 10.3 Å². The molecule has 2 aromatic carbocycles. The van der Waals surface area contributed by atoms with Gasteiger partial charge in [0.2, 0.25) is 10.0 Å². The molecule has 0 fully saturated rings. The minimum Gasteiger partial charge on any atom is -0.307 e. The largest absolute Gasteiger partial charge is 0.307 e. The molecule has 5 nitrogen and oxygen atoms in total. The van der Waals surface area contributed by atoms with Crippen molar-refractivity contribution in [1.29, 1.82) is 0 Å². The Morgan fingerprint density at radius 1 is 0.885 bits per heavy atom. The topological polar surface area (TPSA) is 85.1 Å². The standard InChI is InChI=1S/C20H21N3O2S/c21-26(24,25)20-10-9-17(14-22-15-19-8-4-5-11-23-19)13-18(20)12-16-6-2-1-3-7-16/h1-11,13,22H,12,14-15H2,(H2,21,24,25). The van der Waals surface area contributed by atoms with Gasteiger partial charge in [0.1, 0.15) is 0 Å². The minimum atomic E-state index is -3.76. The van der Waals surface area contributed by atoms with E-state index < -0.39 is 10.0 Å². The molecule has 0 aliphatic carbocycles. The molecule has 0 atom stereocenters. The Bertz CT molecular complexity index is 959. The van der Waals surface area contributed by atoms with E-state index in [0.29, 0.717) is 25.1 Å². The fraction of sp³-hybridized carbons (Fsp3) is 0.150. The Morgan fingerprint density at radius 2 is 1.65 bits per heavy atom. The first kappa shape index (κ1) is 18.3. The second-order valence-electron chi connectivity index (χ2n) is 6.07. The second kappa shape index (κ2) is 8.23. The van der Waals surface area contributed by atoms with Crippen LogP contribution >= 0.6 is 0 Å². The summed E-state index contributed by atoms with van der Waals surface area (Å²) in [4.78, 5) is 4.45. The molecule has 0 unspecified atom stereocenters. The molecule has 0 saturated heterocycles. The molecule has 26 heavy (non-hydrogen) atoms. The first-order chi connectivity index (χ1) is 12.5. The molecule has 0 bridgehead atoms. The van der Waals surface area contributed by atoms with Crippen molar-refractivity contribution in [2.75, 3.05) is 0 Å². The summed E-state index contributed by atoms with van der Waals surface area (Å²) in [6.07, 6.45) is 2.27. The summed E-state index contributed by atoms with van der Waals surface area (Å²) in [6.45, 7) is 1.26. The summed E-state index contributed by atoms with van der Waals surface area (Å²) in [6, 6.07) is 20.8. The molecule has 3 aromatic rings. The van der Waals surface area contributed by atoms with E-state index in [4.69, 9.17) is 5.14 Å². The van der Waals surface area contributed by atoms with Crippen LogP contribution in [0, 0.1) is 0 Å². The summed E-state index contributed by atoms with van der Waals surface area (Å²) in [5.74, 6) is 0. The second-order valence-corrected chi connectivity index (χ2v) is 7.60. The van der Waals surface area contributed by atoms with Gasteiger partial charge in [0.05, 0.1) is 10.6 Å². The highest BCUT2D eigenvalue weighted by atomic mass is 32.2. The van der Waals surface area contributed by atoms with Crippen LogP contribution in [-0.2, 0) is 29.5 Å². The number of sulfonamides is 1. The van der Waals surface area contributed by atoms with Crippen molar-refractivity contribution >= 4 is 10.0 Å². The Morgan fingerprint density at radius 3 is 2.35 bits per heavy atom. The van der Waals surface area contributed by atoms with Crippen molar-refractivity contribution in [3.63, 3.8) is 0 Å². The Kier molecular flexibility index (Phi) is 5.78. The van der Waals surface area contributed by atoms with Crippen LogP contribution in [0.4, 0.5) is 0 Å². The van der Waals surface area contributed by atoms with Crippen LogP contribution in [0.25, 0.3) is 0 Å². The van der Waals surface area contributed by atoms with Crippen LogP contribution in [0.1, 0.15) is 22.4 Å². The van der Waals surface area contributed by atoms with Gasteiger partial charge in [-0.25, -0.2) is 13.6 Å². The van der Waals surface area contributed by atoms with Crippen molar-refractivity contribution in [2.45, 2.75) is 24.4 Å². The van der Waals surface area contributed by atoms with Gasteiger partial charge in [-0.15, -0.1) is 0 Å². The van der Waals surface area contributed by atoms with Crippen molar-refractivity contribution < 1.29 is 8.42 Å². The number of pyridine rings is 1. The Balaban J connectivity index is 1.78. The number of aromatic nitrogens is 1. The van der Waals surface area contributed by atoms with Crippen LogP contribution in [-0.4, -0.2) is 13.4 Å². The molecule has 3 N–H and O–H groups in total. The molecule has 0 spiro atoms. The highest BCUT2D eigenvalue weighted by Gasteiger charge is 2.15. The number of benzene rings is 2. The lowest BCUT2D eigenvalue weighted by molar-refractivity contribution is 0.596. The van der Waals surface area contributed by atoms with Crippen molar-refractivity contribution in [3.8, 4) is 0 Å². The molecular formula is C20H21N3O2S. The van der Waals surface area contributed by atoms with Crippen LogP contribution in [0.3, 0.4) is 0 Å². The number of hydrogen-bond acceptors (Lipinski definition) is 4. The third kappa shape index (κ3) is 4.98. The summed E-state index contributed by atoms with van der Waals surface area (Å²) < 4.78 is 23.8. The van der Waals surface area contributed by atoms with Gasteiger partial charge in [0, 0.05) is 19.3 Å². The molecule has 1 heterocycles. The smallest absolute Gasteiger partial charge is 0.238 e. The fourth-order valence-corrected chi connectivity index (χ4v) is 3.57. The van der Waals surface area contributed by atoms with Crippen LogP contribution < -0.4 is 10.5 Å². The molecule has 0 radical (unpaired) electrons. The van der Waals surface area contributed by atoms with Gasteiger partial charge in [0.15, 0.2) is 0 Å². The monoisotopic (exact) mass is 367 g/mol. The first-order valence-electron chi connectivity index (χ1n) is 8.31.